The minimum Gasteiger partial charge on any atom is -0.323 e. The van der Waals surface area contributed by atoms with Gasteiger partial charge in [0.25, 0.3) is 0 Å². The number of aromatic nitrogens is 1. The van der Waals surface area contributed by atoms with Gasteiger partial charge in [0.2, 0.25) is 0 Å². The van der Waals surface area contributed by atoms with Gasteiger partial charge in [-0.25, -0.2) is 0 Å². The molecule has 0 bridgehead atoms. The van der Waals surface area contributed by atoms with Crippen molar-refractivity contribution in [1.29, 1.82) is 5.41 Å². The summed E-state index contributed by atoms with van der Waals surface area (Å²) < 4.78 is 28.4. The minimum absolute atomic E-state index is 0.00538. The van der Waals surface area contributed by atoms with Crippen LogP contribution in [0, 0.1) is 5.41 Å². The van der Waals surface area contributed by atoms with E-state index < -0.39 is 7.40 Å². The second-order valence-electron chi connectivity index (χ2n) is 6.90. The molecule has 0 saturated carbocycles. The zero-order valence-electron chi connectivity index (χ0n) is 14.0. The Morgan fingerprint density at radius 2 is 1.54 bits per heavy atom. The largest absolute Gasteiger partial charge is 0.678 e. The summed E-state index contributed by atoms with van der Waals surface area (Å²) in [6.45, 7) is 6.35. The Hall–Kier alpha value is -2.43. The van der Waals surface area contributed by atoms with Gasteiger partial charge in [-0.1, -0.05) is 69.3 Å². The summed E-state index contributed by atoms with van der Waals surface area (Å²) in [5.41, 5.74) is 2.58. The lowest BCUT2D eigenvalue weighted by Crippen LogP contribution is -2.17. The van der Waals surface area contributed by atoms with E-state index in [1.165, 1.54) is 0 Å². The number of fused-ring (bicyclic) bond motifs is 1. The van der Waals surface area contributed by atoms with Crippen LogP contribution in [-0.2, 0) is 5.41 Å². The number of hydrogen-bond acceptors (Lipinski definition) is 1. The molecule has 0 unspecified atom stereocenters. The first-order valence-corrected chi connectivity index (χ1v) is 7.87. The molecule has 24 heavy (non-hydrogen) atoms. The van der Waals surface area contributed by atoms with Crippen LogP contribution in [0.1, 0.15) is 32.0 Å². The van der Waals surface area contributed by atoms with Crippen molar-refractivity contribution in [3.8, 4) is 11.3 Å². The summed E-state index contributed by atoms with van der Waals surface area (Å²) in [6.07, 6.45) is 1.00. The average molecular weight is 324 g/mol. The zero-order chi connectivity index (χ0) is 17.5. The molecular formula is C19H19BF2N2. The smallest absolute Gasteiger partial charge is 0.323 e. The molecule has 0 fully saturated rings. The van der Waals surface area contributed by atoms with Crippen molar-refractivity contribution in [3.05, 3.63) is 59.8 Å². The van der Waals surface area contributed by atoms with Gasteiger partial charge in [-0.2, -0.15) is 0 Å². The molecule has 0 radical (unpaired) electrons. The molecule has 0 aliphatic rings. The van der Waals surface area contributed by atoms with Gasteiger partial charge in [-0.3, -0.25) is 8.63 Å². The van der Waals surface area contributed by atoms with Gasteiger partial charge in [0, 0.05) is 22.7 Å². The molecule has 0 amide bonds. The van der Waals surface area contributed by atoms with Gasteiger partial charge >= 0.3 is 7.40 Å². The number of nitrogens with one attached hydrogen (secondary N) is 1. The summed E-state index contributed by atoms with van der Waals surface area (Å²) in [6, 6.07) is 15.0. The lowest BCUT2D eigenvalue weighted by molar-refractivity contribution is 0.590. The maximum Gasteiger partial charge on any atom is 0.678 e. The Kier molecular flexibility index (Phi) is 4.04. The molecule has 2 aromatic carbocycles. The minimum atomic E-state index is -2.70. The molecule has 3 aromatic rings. The van der Waals surface area contributed by atoms with Crippen molar-refractivity contribution in [2.24, 2.45) is 0 Å². The zero-order valence-corrected chi connectivity index (χ0v) is 14.0. The molecule has 3 rings (SSSR count). The molecule has 1 N–H and O–H groups in total. The fourth-order valence-electron chi connectivity index (χ4n) is 3.07. The highest BCUT2D eigenvalue weighted by Gasteiger charge is 2.27. The topological polar surface area (TPSA) is 28.8 Å². The van der Waals surface area contributed by atoms with Crippen LogP contribution in [0.5, 0.6) is 0 Å². The monoisotopic (exact) mass is 324 g/mol. The van der Waals surface area contributed by atoms with Crippen molar-refractivity contribution in [1.82, 2.24) is 4.48 Å². The van der Waals surface area contributed by atoms with E-state index >= 15 is 0 Å². The van der Waals surface area contributed by atoms with Crippen LogP contribution in [-0.4, -0.2) is 18.1 Å². The van der Waals surface area contributed by atoms with E-state index in [0.29, 0.717) is 11.1 Å². The molecule has 0 aliphatic heterocycles. The molecule has 122 valence electrons. The number of benzene rings is 2. The number of nitrogens with zero attached hydrogens (tertiary/aromatic N) is 1. The molecule has 0 atom stereocenters. The number of hydrogen-bond donors (Lipinski definition) is 1. The van der Waals surface area contributed by atoms with Gasteiger partial charge in [0.15, 0.2) is 0 Å². The van der Waals surface area contributed by atoms with Crippen molar-refractivity contribution < 1.29 is 8.63 Å². The highest BCUT2D eigenvalue weighted by molar-refractivity contribution is 6.43. The van der Waals surface area contributed by atoms with Gasteiger partial charge in [0.1, 0.15) is 0 Å². The normalized spacial score (nSPS) is 11.7. The molecule has 1 heterocycles. The van der Waals surface area contributed by atoms with Gasteiger partial charge in [0.05, 0.1) is 5.69 Å². The fourth-order valence-corrected chi connectivity index (χ4v) is 3.07. The van der Waals surface area contributed by atoms with Gasteiger partial charge < -0.3 is 9.89 Å². The molecular weight excluding hydrogens is 305 g/mol. The summed E-state index contributed by atoms with van der Waals surface area (Å²) in [4.78, 5) is 0. The highest BCUT2D eigenvalue weighted by atomic mass is 19.2. The average Bonchev–Trinajstić information content (AvgIpc) is 2.88. The quantitative estimate of drug-likeness (QED) is 0.495. The summed E-state index contributed by atoms with van der Waals surface area (Å²) in [7, 11) is -2.70. The number of halogens is 2. The van der Waals surface area contributed by atoms with Crippen LogP contribution in [0.3, 0.4) is 0 Å². The Morgan fingerprint density at radius 1 is 0.958 bits per heavy atom. The third-order valence-corrected chi connectivity index (χ3v) is 4.31. The molecule has 2 nitrogen and oxygen atoms in total. The second-order valence-corrected chi connectivity index (χ2v) is 6.90. The standard InChI is InChI=1S/C19H19BF2N2/c1-19(2,3)14-10-8-13(9-11-14)18-16-7-5-4-6-15(16)17(12-23)24(18)20(21)22/h4-12,23H,1-3H3. The summed E-state index contributed by atoms with van der Waals surface area (Å²) in [5, 5.41) is 8.98. The van der Waals surface area contributed by atoms with Gasteiger partial charge in [-0.15, -0.1) is 0 Å². The maximum atomic E-state index is 13.7. The first-order chi connectivity index (χ1) is 11.3. The molecule has 0 aliphatic carbocycles. The van der Waals surface area contributed by atoms with E-state index in [0.717, 1.165) is 27.2 Å². The maximum absolute atomic E-state index is 13.7. The lowest BCUT2D eigenvalue weighted by Gasteiger charge is -2.19. The molecule has 5 heteroatoms. The van der Waals surface area contributed by atoms with Crippen LogP contribution in [0.2, 0.25) is 0 Å². The van der Waals surface area contributed by atoms with Crippen LogP contribution in [0.25, 0.3) is 22.0 Å². The van der Waals surface area contributed by atoms with E-state index in [4.69, 9.17) is 5.41 Å². The van der Waals surface area contributed by atoms with E-state index in [2.05, 4.69) is 20.8 Å². The van der Waals surface area contributed by atoms with Crippen LogP contribution >= 0.6 is 0 Å². The SMILES string of the molecule is CC(C)(C)c1ccc(-c2c3ccccc3c(C=N)n2B(F)F)cc1. The van der Waals surface area contributed by atoms with E-state index in [1.54, 1.807) is 12.1 Å². The van der Waals surface area contributed by atoms with Gasteiger partial charge in [-0.05, 0) is 16.5 Å². The molecule has 0 spiro atoms. The predicted molar refractivity (Wildman–Crippen MR) is 97.3 cm³/mol. The summed E-state index contributed by atoms with van der Waals surface area (Å²) in [5.74, 6) is 0. The Bertz CT molecular complexity index is 890. The van der Waals surface area contributed by atoms with Crippen LogP contribution in [0.15, 0.2) is 48.5 Å². The Morgan fingerprint density at radius 3 is 2.04 bits per heavy atom. The van der Waals surface area contributed by atoms with Crippen LogP contribution in [0.4, 0.5) is 8.63 Å². The first kappa shape index (κ1) is 16.4. The Labute approximate surface area is 140 Å². The number of rotatable bonds is 3. The van der Waals surface area contributed by atoms with E-state index in [1.807, 2.05) is 36.4 Å². The summed E-state index contributed by atoms with van der Waals surface area (Å²) >= 11 is 0. The molecule has 0 saturated heterocycles. The van der Waals surface area contributed by atoms with E-state index in [-0.39, 0.29) is 11.1 Å². The van der Waals surface area contributed by atoms with Crippen molar-refractivity contribution in [2.75, 3.05) is 0 Å². The van der Waals surface area contributed by atoms with Crippen molar-refractivity contribution >= 4 is 24.4 Å². The second kappa shape index (κ2) is 5.89. The van der Waals surface area contributed by atoms with Crippen molar-refractivity contribution in [2.45, 2.75) is 26.2 Å². The highest BCUT2D eigenvalue weighted by Crippen LogP contribution is 2.35. The van der Waals surface area contributed by atoms with Crippen LogP contribution < -0.4 is 0 Å². The van der Waals surface area contributed by atoms with Crippen molar-refractivity contribution in [3.63, 3.8) is 0 Å². The third-order valence-electron chi connectivity index (χ3n) is 4.31. The lowest BCUT2D eigenvalue weighted by atomic mass is 9.86. The first-order valence-electron chi connectivity index (χ1n) is 7.87. The van der Waals surface area contributed by atoms with E-state index in [9.17, 15) is 8.63 Å². The fraction of sp³-hybridized carbons (Fsp3) is 0.211. The Balaban J connectivity index is 2.29. The predicted octanol–water partition coefficient (Wildman–Crippen LogP) is 5.38. The molecule has 1 aromatic heterocycles. The third kappa shape index (κ3) is 2.64.